The fourth-order valence-corrected chi connectivity index (χ4v) is 1.88. The number of esters is 1. The summed E-state index contributed by atoms with van der Waals surface area (Å²) in [6, 6.07) is 1.63. The summed E-state index contributed by atoms with van der Waals surface area (Å²) in [6.07, 6.45) is 5.80. The van der Waals surface area contributed by atoms with Crippen LogP contribution in [0, 0.1) is 0 Å². The van der Waals surface area contributed by atoms with Gasteiger partial charge >= 0.3 is 5.97 Å². The first-order valence-corrected chi connectivity index (χ1v) is 6.67. The van der Waals surface area contributed by atoms with Gasteiger partial charge in [0.05, 0.1) is 12.7 Å². The van der Waals surface area contributed by atoms with Crippen molar-refractivity contribution >= 4 is 34.7 Å². The van der Waals surface area contributed by atoms with Crippen molar-refractivity contribution in [2.75, 3.05) is 18.6 Å². The third-order valence-corrected chi connectivity index (χ3v) is 3.10. The molecule has 0 saturated carbocycles. The summed E-state index contributed by atoms with van der Waals surface area (Å²) < 4.78 is 4.62. The first kappa shape index (κ1) is 15.2. The number of nitrogens with zero attached hydrogens (tertiary/aromatic N) is 1. The van der Waals surface area contributed by atoms with Crippen molar-refractivity contribution in [3.63, 3.8) is 0 Å². The van der Waals surface area contributed by atoms with Gasteiger partial charge in [0.15, 0.2) is 5.12 Å². The molecule has 0 bridgehead atoms. The van der Waals surface area contributed by atoms with E-state index in [9.17, 15) is 9.59 Å². The van der Waals surface area contributed by atoms with Crippen LogP contribution < -0.4 is 5.73 Å². The predicted octanol–water partition coefficient (Wildman–Crippen LogP) is 2.13. The van der Waals surface area contributed by atoms with Gasteiger partial charge in [-0.25, -0.2) is 9.78 Å². The molecular formula is C13H16N2O3S. The summed E-state index contributed by atoms with van der Waals surface area (Å²) in [7, 11) is 1.31. The van der Waals surface area contributed by atoms with Crippen molar-refractivity contribution in [3.8, 4) is 0 Å². The third-order valence-electron chi connectivity index (χ3n) is 2.26. The normalized spacial score (nSPS) is 10.6. The minimum atomic E-state index is -0.450. The summed E-state index contributed by atoms with van der Waals surface area (Å²) in [5.74, 6) is 0.618. The topological polar surface area (TPSA) is 82.3 Å². The Labute approximate surface area is 116 Å². The lowest BCUT2D eigenvalue weighted by Crippen LogP contribution is -2.04. The highest BCUT2D eigenvalue weighted by atomic mass is 32.2. The van der Waals surface area contributed by atoms with E-state index in [1.807, 2.05) is 6.08 Å². The Morgan fingerprint density at radius 3 is 2.89 bits per heavy atom. The second-order valence-electron chi connectivity index (χ2n) is 3.72. The molecule has 19 heavy (non-hydrogen) atoms. The van der Waals surface area contributed by atoms with E-state index in [0.717, 1.165) is 12.2 Å². The van der Waals surface area contributed by atoms with Crippen molar-refractivity contribution in [1.82, 2.24) is 4.98 Å². The van der Waals surface area contributed by atoms with Crippen molar-refractivity contribution in [3.05, 3.63) is 29.5 Å². The number of carbonyl (C=O) groups excluding carboxylic acids is 2. The quantitative estimate of drug-likeness (QED) is 0.657. The van der Waals surface area contributed by atoms with E-state index in [4.69, 9.17) is 5.73 Å². The highest BCUT2D eigenvalue weighted by molar-refractivity contribution is 8.13. The van der Waals surface area contributed by atoms with Gasteiger partial charge in [-0.1, -0.05) is 23.9 Å². The van der Waals surface area contributed by atoms with Crippen LogP contribution in [-0.2, 0) is 9.53 Å². The molecule has 0 amide bonds. The molecule has 1 rings (SSSR count). The van der Waals surface area contributed by atoms with E-state index in [2.05, 4.69) is 9.72 Å². The molecule has 0 radical (unpaired) electrons. The molecule has 1 aromatic heterocycles. The van der Waals surface area contributed by atoms with Crippen LogP contribution >= 0.6 is 11.8 Å². The summed E-state index contributed by atoms with van der Waals surface area (Å²) in [6.45, 7) is 1.54. The van der Waals surface area contributed by atoms with Crippen molar-refractivity contribution in [2.24, 2.45) is 0 Å². The standard InChI is InChI=1S/C13H16N2O3S/c1-9(16)19-6-4-3-5-10-7-11(13(17)18-2)8-15-12(10)14/h3,5,7-8H,4,6H2,1-2H3,(H2,14,15). The summed E-state index contributed by atoms with van der Waals surface area (Å²) in [4.78, 5) is 26.0. The molecule has 2 N–H and O–H groups in total. The molecule has 5 nitrogen and oxygen atoms in total. The molecule has 1 aromatic rings. The first-order valence-electron chi connectivity index (χ1n) is 5.68. The molecule has 0 aliphatic rings. The van der Waals surface area contributed by atoms with Crippen LogP contribution in [0.2, 0.25) is 0 Å². The number of hydrogen-bond donors (Lipinski definition) is 1. The van der Waals surface area contributed by atoms with Crippen LogP contribution in [0.1, 0.15) is 29.3 Å². The lowest BCUT2D eigenvalue weighted by molar-refractivity contribution is -0.109. The number of allylic oxidation sites excluding steroid dienone is 1. The minimum absolute atomic E-state index is 0.0993. The number of methoxy groups -OCH3 is 1. The van der Waals surface area contributed by atoms with Gasteiger partial charge in [0.25, 0.3) is 0 Å². The Balaban J connectivity index is 2.69. The maximum Gasteiger partial charge on any atom is 0.339 e. The molecule has 1 heterocycles. The number of anilines is 1. The van der Waals surface area contributed by atoms with Crippen LogP contribution in [0.4, 0.5) is 5.82 Å². The Hall–Kier alpha value is -1.82. The van der Waals surface area contributed by atoms with Crippen LogP contribution in [0.25, 0.3) is 6.08 Å². The Bertz CT molecular complexity index is 501. The number of nitrogens with two attached hydrogens (primary N) is 1. The van der Waals surface area contributed by atoms with Crippen LogP contribution in [0.3, 0.4) is 0 Å². The monoisotopic (exact) mass is 280 g/mol. The Morgan fingerprint density at radius 2 is 2.26 bits per heavy atom. The Kier molecular flexibility index (Phi) is 6.08. The largest absolute Gasteiger partial charge is 0.465 e. The summed E-state index contributed by atoms with van der Waals surface area (Å²) >= 11 is 1.27. The maximum absolute atomic E-state index is 11.4. The molecule has 0 atom stereocenters. The fraction of sp³-hybridized carbons (Fsp3) is 0.308. The van der Waals surface area contributed by atoms with Gasteiger partial charge in [-0.05, 0) is 12.5 Å². The Morgan fingerprint density at radius 1 is 1.53 bits per heavy atom. The van der Waals surface area contributed by atoms with Gasteiger partial charge in [-0.2, -0.15) is 0 Å². The number of rotatable bonds is 5. The van der Waals surface area contributed by atoms with E-state index in [1.165, 1.54) is 32.0 Å². The van der Waals surface area contributed by atoms with Crippen LogP contribution in [0.15, 0.2) is 18.3 Å². The van der Waals surface area contributed by atoms with E-state index in [0.29, 0.717) is 16.9 Å². The maximum atomic E-state index is 11.4. The minimum Gasteiger partial charge on any atom is -0.465 e. The van der Waals surface area contributed by atoms with Gasteiger partial charge in [-0.15, -0.1) is 0 Å². The first-order chi connectivity index (χ1) is 9.04. The number of ether oxygens (including phenoxy) is 1. The molecule has 102 valence electrons. The van der Waals surface area contributed by atoms with Gasteiger partial charge in [-0.3, -0.25) is 4.79 Å². The number of hydrogen-bond acceptors (Lipinski definition) is 6. The smallest absolute Gasteiger partial charge is 0.339 e. The number of carbonyl (C=O) groups is 2. The SMILES string of the molecule is COC(=O)c1cnc(N)c(C=CCCSC(C)=O)c1. The molecule has 0 unspecified atom stereocenters. The van der Waals surface area contributed by atoms with Gasteiger partial charge in [0, 0.05) is 24.4 Å². The average Bonchev–Trinajstić information content (AvgIpc) is 2.39. The second-order valence-corrected chi connectivity index (χ2v) is 4.99. The number of pyridine rings is 1. The zero-order valence-electron chi connectivity index (χ0n) is 10.9. The number of aromatic nitrogens is 1. The highest BCUT2D eigenvalue weighted by Crippen LogP contribution is 2.14. The van der Waals surface area contributed by atoms with Crippen molar-refractivity contribution < 1.29 is 14.3 Å². The van der Waals surface area contributed by atoms with Crippen molar-refractivity contribution in [2.45, 2.75) is 13.3 Å². The number of nitrogen functional groups attached to an aromatic ring is 1. The lowest BCUT2D eigenvalue weighted by atomic mass is 10.1. The van der Waals surface area contributed by atoms with Gasteiger partial charge in [0.2, 0.25) is 0 Å². The molecule has 0 fully saturated rings. The van der Waals surface area contributed by atoms with E-state index in [-0.39, 0.29) is 5.12 Å². The predicted molar refractivity (Wildman–Crippen MR) is 76.8 cm³/mol. The summed E-state index contributed by atoms with van der Waals surface area (Å²) in [5, 5.41) is 0.0993. The van der Waals surface area contributed by atoms with Crippen LogP contribution in [-0.4, -0.2) is 28.9 Å². The zero-order valence-corrected chi connectivity index (χ0v) is 11.7. The molecule has 0 spiro atoms. The van der Waals surface area contributed by atoms with E-state index >= 15 is 0 Å². The highest BCUT2D eigenvalue weighted by Gasteiger charge is 2.07. The molecule has 6 heteroatoms. The molecule has 0 saturated heterocycles. The van der Waals surface area contributed by atoms with E-state index in [1.54, 1.807) is 12.1 Å². The van der Waals surface area contributed by atoms with Gasteiger partial charge in [0.1, 0.15) is 5.82 Å². The molecular weight excluding hydrogens is 264 g/mol. The van der Waals surface area contributed by atoms with E-state index < -0.39 is 5.97 Å². The summed E-state index contributed by atoms with van der Waals surface area (Å²) in [5.41, 5.74) is 6.74. The third kappa shape index (κ3) is 5.13. The second kappa shape index (κ2) is 7.58. The number of thioether (sulfide) groups is 1. The van der Waals surface area contributed by atoms with Gasteiger partial charge < -0.3 is 10.5 Å². The molecule has 0 aliphatic carbocycles. The fourth-order valence-electron chi connectivity index (χ4n) is 1.34. The van der Waals surface area contributed by atoms with Crippen molar-refractivity contribution in [1.29, 1.82) is 0 Å². The molecule has 0 aliphatic heterocycles. The van der Waals surface area contributed by atoms with Crippen LogP contribution in [0.5, 0.6) is 0 Å². The zero-order chi connectivity index (χ0) is 14.3. The molecule has 0 aromatic carbocycles. The average molecular weight is 280 g/mol. The lowest BCUT2D eigenvalue weighted by Gasteiger charge is -2.03.